The van der Waals surface area contributed by atoms with Crippen molar-refractivity contribution in [2.45, 2.75) is 12.5 Å². The number of β-lactam (4-membered cyclic amide) rings is 1. The van der Waals surface area contributed by atoms with Gasteiger partial charge in [0.1, 0.15) is 6.04 Å². The van der Waals surface area contributed by atoms with Crippen LogP contribution in [-0.4, -0.2) is 41.0 Å². The van der Waals surface area contributed by atoms with Gasteiger partial charge in [0.15, 0.2) is 0 Å². The van der Waals surface area contributed by atoms with E-state index in [0.29, 0.717) is 13.0 Å². The summed E-state index contributed by atoms with van der Waals surface area (Å²) >= 11 is 0. The number of hydrogen-bond donors (Lipinski definition) is 2. The van der Waals surface area contributed by atoms with Crippen LogP contribution in [0.25, 0.3) is 0 Å². The van der Waals surface area contributed by atoms with E-state index >= 15 is 0 Å². The second-order valence-electron chi connectivity index (χ2n) is 2.78. The highest BCUT2D eigenvalue weighted by atomic mass is 16.4. The van der Waals surface area contributed by atoms with Crippen LogP contribution in [0.4, 0.5) is 0 Å². The van der Waals surface area contributed by atoms with Gasteiger partial charge in [-0.15, -0.1) is 0 Å². The lowest BCUT2D eigenvalue weighted by molar-refractivity contribution is -0.153. The van der Waals surface area contributed by atoms with E-state index in [2.05, 4.69) is 0 Å². The summed E-state index contributed by atoms with van der Waals surface area (Å²) in [5.74, 6) is -1.13. The molecule has 1 amide bonds. The summed E-state index contributed by atoms with van der Waals surface area (Å²) in [6.07, 6.45) is 3.43. The summed E-state index contributed by atoms with van der Waals surface area (Å²) in [5, 5.41) is 8.77. The molecule has 1 fully saturated rings. The Hall–Kier alpha value is -1.36. The molecule has 1 heterocycles. The standard InChI is InChI=1S/C8H12N2O3/c9-4-1-2-6(8(12)13)10-5-3-7(10)11/h1-2,6H,3-5,9H2,(H,12,13)/b2-1+/t6-/m0/s1. The highest BCUT2D eigenvalue weighted by Gasteiger charge is 2.33. The molecule has 1 aliphatic heterocycles. The van der Waals surface area contributed by atoms with E-state index in [9.17, 15) is 9.59 Å². The molecule has 1 rings (SSSR count). The third kappa shape index (κ3) is 2.06. The van der Waals surface area contributed by atoms with E-state index in [1.165, 1.54) is 11.0 Å². The Kier molecular flexibility index (Phi) is 3.02. The number of rotatable bonds is 4. The average Bonchev–Trinajstić information content (AvgIpc) is 2.08. The zero-order chi connectivity index (χ0) is 9.84. The van der Waals surface area contributed by atoms with Crippen molar-refractivity contribution in [3.8, 4) is 0 Å². The van der Waals surface area contributed by atoms with Crippen molar-refractivity contribution in [2.75, 3.05) is 13.1 Å². The Morgan fingerprint density at radius 3 is 2.77 bits per heavy atom. The topological polar surface area (TPSA) is 83.6 Å². The molecule has 0 aromatic rings. The van der Waals surface area contributed by atoms with Crippen molar-refractivity contribution in [3.05, 3.63) is 12.2 Å². The summed E-state index contributed by atoms with van der Waals surface area (Å²) in [5.41, 5.74) is 5.19. The number of nitrogens with zero attached hydrogens (tertiary/aromatic N) is 1. The number of amides is 1. The van der Waals surface area contributed by atoms with Gasteiger partial charge in [0.2, 0.25) is 5.91 Å². The summed E-state index contributed by atoms with van der Waals surface area (Å²) < 4.78 is 0. The SMILES string of the molecule is NC/C=C/[C@@H](C(=O)O)N1CCC1=O. The highest BCUT2D eigenvalue weighted by molar-refractivity contribution is 5.88. The largest absolute Gasteiger partial charge is 0.479 e. The zero-order valence-electron chi connectivity index (χ0n) is 7.14. The first-order valence-electron chi connectivity index (χ1n) is 4.06. The Morgan fingerprint density at radius 1 is 1.77 bits per heavy atom. The fraction of sp³-hybridized carbons (Fsp3) is 0.500. The van der Waals surface area contributed by atoms with E-state index in [-0.39, 0.29) is 12.5 Å². The molecular weight excluding hydrogens is 172 g/mol. The molecule has 5 heteroatoms. The number of likely N-dealkylation sites (tertiary alicyclic amines) is 1. The monoisotopic (exact) mass is 184 g/mol. The van der Waals surface area contributed by atoms with Crippen molar-refractivity contribution in [1.29, 1.82) is 0 Å². The van der Waals surface area contributed by atoms with E-state index < -0.39 is 12.0 Å². The fourth-order valence-electron chi connectivity index (χ4n) is 1.15. The summed E-state index contributed by atoms with van der Waals surface area (Å²) in [7, 11) is 0. The Balaban J connectivity index is 2.62. The predicted molar refractivity (Wildman–Crippen MR) is 45.9 cm³/mol. The maximum atomic E-state index is 10.9. The minimum atomic E-state index is -1.02. The van der Waals surface area contributed by atoms with Crippen LogP contribution in [0.2, 0.25) is 0 Å². The Bertz CT molecular complexity index is 250. The van der Waals surface area contributed by atoms with Crippen LogP contribution in [-0.2, 0) is 9.59 Å². The number of carbonyl (C=O) groups is 2. The van der Waals surface area contributed by atoms with Crippen molar-refractivity contribution in [3.63, 3.8) is 0 Å². The predicted octanol–water partition coefficient (Wildman–Crippen LogP) is -0.813. The molecule has 3 N–H and O–H groups in total. The molecule has 0 aromatic carbocycles. The van der Waals surface area contributed by atoms with Gasteiger partial charge in [0.05, 0.1) is 0 Å². The quantitative estimate of drug-likeness (QED) is 0.442. The van der Waals surface area contributed by atoms with Crippen LogP contribution in [0.15, 0.2) is 12.2 Å². The molecule has 13 heavy (non-hydrogen) atoms. The van der Waals surface area contributed by atoms with Crippen LogP contribution < -0.4 is 5.73 Å². The van der Waals surface area contributed by atoms with Gasteiger partial charge in [-0.3, -0.25) is 4.79 Å². The second kappa shape index (κ2) is 4.04. The molecular formula is C8H12N2O3. The molecule has 0 saturated carbocycles. The van der Waals surface area contributed by atoms with Crippen molar-refractivity contribution >= 4 is 11.9 Å². The number of hydrogen-bond acceptors (Lipinski definition) is 3. The Morgan fingerprint density at radius 2 is 2.46 bits per heavy atom. The maximum absolute atomic E-state index is 10.9. The van der Waals surface area contributed by atoms with Gasteiger partial charge in [-0.2, -0.15) is 0 Å². The maximum Gasteiger partial charge on any atom is 0.330 e. The molecule has 1 atom stereocenters. The van der Waals surface area contributed by atoms with Crippen molar-refractivity contribution < 1.29 is 14.7 Å². The van der Waals surface area contributed by atoms with Gasteiger partial charge in [0, 0.05) is 19.5 Å². The van der Waals surface area contributed by atoms with Crippen LogP contribution in [0.3, 0.4) is 0 Å². The van der Waals surface area contributed by atoms with E-state index in [4.69, 9.17) is 10.8 Å². The van der Waals surface area contributed by atoms with Gasteiger partial charge in [0.25, 0.3) is 0 Å². The molecule has 0 aromatic heterocycles. The van der Waals surface area contributed by atoms with Crippen molar-refractivity contribution in [2.24, 2.45) is 5.73 Å². The summed E-state index contributed by atoms with van der Waals surface area (Å²) in [6.45, 7) is 0.802. The van der Waals surface area contributed by atoms with Gasteiger partial charge in [-0.25, -0.2) is 4.79 Å². The van der Waals surface area contributed by atoms with Crippen LogP contribution in [0, 0.1) is 0 Å². The van der Waals surface area contributed by atoms with E-state index in [1.807, 2.05) is 0 Å². The van der Waals surface area contributed by atoms with Gasteiger partial charge < -0.3 is 15.7 Å². The first-order valence-corrected chi connectivity index (χ1v) is 4.06. The first-order chi connectivity index (χ1) is 6.16. The lowest BCUT2D eigenvalue weighted by Gasteiger charge is -2.34. The fourth-order valence-corrected chi connectivity index (χ4v) is 1.15. The first kappa shape index (κ1) is 9.73. The second-order valence-corrected chi connectivity index (χ2v) is 2.78. The lowest BCUT2D eigenvalue weighted by Crippen LogP contribution is -2.52. The molecule has 72 valence electrons. The molecule has 1 aliphatic rings. The molecule has 0 spiro atoms. The minimum Gasteiger partial charge on any atom is -0.479 e. The number of aliphatic carboxylic acids is 1. The molecule has 0 aliphatic carbocycles. The van der Waals surface area contributed by atoms with Gasteiger partial charge >= 0.3 is 5.97 Å². The van der Waals surface area contributed by atoms with Gasteiger partial charge in [-0.1, -0.05) is 12.2 Å². The minimum absolute atomic E-state index is 0.117. The molecule has 5 nitrogen and oxygen atoms in total. The molecule has 0 unspecified atom stereocenters. The van der Waals surface area contributed by atoms with Crippen molar-refractivity contribution in [1.82, 2.24) is 4.90 Å². The van der Waals surface area contributed by atoms with Crippen LogP contribution in [0.1, 0.15) is 6.42 Å². The van der Waals surface area contributed by atoms with Gasteiger partial charge in [-0.05, 0) is 0 Å². The van der Waals surface area contributed by atoms with Crippen LogP contribution in [0.5, 0.6) is 0 Å². The third-order valence-corrected chi connectivity index (χ3v) is 1.93. The number of carbonyl (C=O) groups excluding carboxylic acids is 1. The normalized spacial score (nSPS) is 18.8. The highest BCUT2D eigenvalue weighted by Crippen LogP contribution is 2.14. The lowest BCUT2D eigenvalue weighted by atomic mass is 10.1. The number of nitrogens with two attached hydrogens (primary N) is 1. The average molecular weight is 184 g/mol. The summed E-state index contributed by atoms with van der Waals surface area (Å²) in [4.78, 5) is 23.0. The Labute approximate surface area is 75.8 Å². The summed E-state index contributed by atoms with van der Waals surface area (Å²) in [6, 6.07) is -0.843. The van der Waals surface area contributed by atoms with Crippen LogP contribution >= 0.6 is 0 Å². The molecule has 0 bridgehead atoms. The smallest absolute Gasteiger partial charge is 0.330 e. The van der Waals surface area contributed by atoms with E-state index in [0.717, 1.165) is 0 Å². The third-order valence-electron chi connectivity index (χ3n) is 1.93. The zero-order valence-corrected chi connectivity index (χ0v) is 7.14. The van der Waals surface area contributed by atoms with E-state index in [1.54, 1.807) is 6.08 Å². The molecule has 1 saturated heterocycles. The number of carboxylic acid groups (broad SMARTS) is 1. The number of carboxylic acids is 1. The molecule has 0 radical (unpaired) electrons.